The molecule has 142 valence electrons. The molecule has 0 atom stereocenters. The first-order valence-electron chi connectivity index (χ1n) is 8.64. The van der Waals surface area contributed by atoms with Gasteiger partial charge in [-0.3, -0.25) is 0 Å². The van der Waals surface area contributed by atoms with Gasteiger partial charge >= 0.3 is 0 Å². The molecule has 0 aliphatic carbocycles. The molecule has 0 fully saturated rings. The molecule has 7 nitrogen and oxygen atoms in total. The molecular weight excluding hydrogens is 356 g/mol. The maximum absolute atomic E-state index is 5.69. The molecule has 7 heteroatoms. The number of nitrogens with zero attached hydrogens (tertiary/aromatic N) is 2. The summed E-state index contributed by atoms with van der Waals surface area (Å²) in [7, 11) is 4.79. The second kappa shape index (κ2) is 7.11. The fourth-order valence-electron chi connectivity index (χ4n) is 3.21. The smallest absolute Gasteiger partial charge is 0.203 e. The number of methoxy groups -OCH3 is 3. The van der Waals surface area contributed by atoms with E-state index in [-0.39, 0.29) is 0 Å². The van der Waals surface area contributed by atoms with Crippen molar-refractivity contribution in [2.75, 3.05) is 27.1 Å². The van der Waals surface area contributed by atoms with Crippen molar-refractivity contribution in [1.82, 2.24) is 15.0 Å². The van der Waals surface area contributed by atoms with E-state index >= 15 is 0 Å². The fraction of sp³-hybridized carbons (Fsp3) is 0.143. The Bertz CT molecular complexity index is 1110. The molecule has 3 N–H and O–H groups in total. The zero-order chi connectivity index (χ0) is 19.7. The topological polar surface area (TPSA) is 95.3 Å². The zero-order valence-corrected chi connectivity index (χ0v) is 15.8. The number of benzene rings is 1. The van der Waals surface area contributed by atoms with Gasteiger partial charge in [-0.05, 0) is 35.9 Å². The average molecular weight is 376 g/mol. The molecule has 0 aliphatic heterocycles. The Morgan fingerprint density at radius 3 is 2.14 bits per heavy atom. The van der Waals surface area contributed by atoms with Crippen LogP contribution in [0.1, 0.15) is 0 Å². The summed E-state index contributed by atoms with van der Waals surface area (Å²) >= 11 is 0. The van der Waals surface area contributed by atoms with Crippen LogP contribution in [0.15, 0.2) is 48.9 Å². The van der Waals surface area contributed by atoms with Crippen molar-refractivity contribution < 1.29 is 14.2 Å². The molecule has 3 aromatic heterocycles. The highest BCUT2D eigenvalue weighted by Gasteiger charge is 2.16. The average Bonchev–Trinajstić information content (AvgIpc) is 3.16. The van der Waals surface area contributed by atoms with Gasteiger partial charge in [0.15, 0.2) is 11.5 Å². The quantitative estimate of drug-likeness (QED) is 0.548. The first kappa shape index (κ1) is 17.7. The third-order valence-electron chi connectivity index (χ3n) is 4.63. The Kier molecular flexibility index (Phi) is 4.49. The number of pyridine rings is 2. The van der Waals surface area contributed by atoms with E-state index in [1.807, 2.05) is 30.6 Å². The molecule has 0 aliphatic rings. The number of H-pyrrole nitrogens is 1. The van der Waals surface area contributed by atoms with Crippen LogP contribution in [-0.4, -0.2) is 36.3 Å². The van der Waals surface area contributed by atoms with E-state index in [1.165, 1.54) is 0 Å². The Morgan fingerprint density at radius 1 is 0.821 bits per heavy atom. The lowest BCUT2D eigenvalue weighted by molar-refractivity contribution is 0.324. The number of nitrogens with two attached hydrogens (primary N) is 1. The van der Waals surface area contributed by atoms with Gasteiger partial charge in [0.2, 0.25) is 5.75 Å². The van der Waals surface area contributed by atoms with E-state index in [4.69, 9.17) is 19.9 Å². The second-order valence-electron chi connectivity index (χ2n) is 6.21. The molecule has 1 aromatic carbocycles. The maximum atomic E-state index is 5.69. The molecule has 3 heterocycles. The van der Waals surface area contributed by atoms with Crippen LogP contribution >= 0.6 is 0 Å². The Labute approximate surface area is 162 Å². The van der Waals surface area contributed by atoms with E-state index in [0.29, 0.717) is 23.1 Å². The van der Waals surface area contributed by atoms with Crippen LogP contribution in [0.3, 0.4) is 0 Å². The summed E-state index contributed by atoms with van der Waals surface area (Å²) in [4.78, 5) is 11.9. The van der Waals surface area contributed by atoms with Gasteiger partial charge in [0, 0.05) is 40.7 Å². The van der Waals surface area contributed by atoms with Crippen LogP contribution in [0.5, 0.6) is 17.2 Å². The fourth-order valence-corrected chi connectivity index (χ4v) is 3.21. The van der Waals surface area contributed by atoms with Crippen LogP contribution in [0.2, 0.25) is 0 Å². The Hall–Kier alpha value is -3.74. The third kappa shape index (κ3) is 2.96. The molecule has 0 bridgehead atoms. The molecule has 0 radical (unpaired) electrons. The molecule has 4 aromatic rings. The SMILES string of the molecule is COc1cc(-c2c[nH]c3ncc(-c4ccc(N)nc4)cc23)cc(OC)c1OC. The minimum Gasteiger partial charge on any atom is -0.493 e. The summed E-state index contributed by atoms with van der Waals surface area (Å²) in [6, 6.07) is 9.61. The van der Waals surface area contributed by atoms with Crippen LogP contribution in [-0.2, 0) is 0 Å². The largest absolute Gasteiger partial charge is 0.493 e. The highest BCUT2D eigenvalue weighted by molar-refractivity contribution is 5.96. The third-order valence-corrected chi connectivity index (χ3v) is 4.63. The zero-order valence-electron chi connectivity index (χ0n) is 15.8. The second-order valence-corrected chi connectivity index (χ2v) is 6.21. The summed E-state index contributed by atoms with van der Waals surface area (Å²) in [6.07, 6.45) is 5.47. The molecule has 0 unspecified atom stereocenters. The van der Waals surface area contributed by atoms with E-state index < -0.39 is 0 Å². The van der Waals surface area contributed by atoms with Crippen molar-refractivity contribution in [2.45, 2.75) is 0 Å². The van der Waals surface area contributed by atoms with Crippen LogP contribution < -0.4 is 19.9 Å². The van der Waals surface area contributed by atoms with Gasteiger partial charge in [0.1, 0.15) is 11.5 Å². The van der Waals surface area contributed by atoms with Crippen molar-refractivity contribution >= 4 is 16.9 Å². The lowest BCUT2D eigenvalue weighted by Gasteiger charge is -2.14. The van der Waals surface area contributed by atoms with Crippen LogP contribution in [0.4, 0.5) is 5.82 Å². The molecular formula is C21H20N4O3. The Balaban J connectivity index is 1.87. The van der Waals surface area contributed by atoms with E-state index in [2.05, 4.69) is 21.0 Å². The van der Waals surface area contributed by atoms with Crippen molar-refractivity contribution in [3.05, 3.63) is 48.9 Å². The van der Waals surface area contributed by atoms with Crippen LogP contribution in [0, 0.1) is 0 Å². The highest BCUT2D eigenvalue weighted by Crippen LogP contribution is 2.42. The van der Waals surface area contributed by atoms with E-state index in [1.54, 1.807) is 33.6 Å². The normalized spacial score (nSPS) is 10.8. The van der Waals surface area contributed by atoms with Gasteiger partial charge < -0.3 is 24.9 Å². The lowest BCUT2D eigenvalue weighted by atomic mass is 10.0. The minimum absolute atomic E-state index is 0.484. The number of fused-ring (bicyclic) bond motifs is 1. The van der Waals surface area contributed by atoms with Crippen molar-refractivity contribution in [1.29, 1.82) is 0 Å². The molecule has 0 spiro atoms. The van der Waals surface area contributed by atoms with E-state index in [9.17, 15) is 0 Å². The minimum atomic E-state index is 0.484. The van der Waals surface area contributed by atoms with Crippen molar-refractivity contribution in [3.63, 3.8) is 0 Å². The van der Waals surface area contributed by atoms with Crippen LogP contribution in [0.25, 0.3) is 33.3 Å². The maximum Gasteiger partial charge on any atom is 0.203 e. The number of nitrogen functional groups attached to an aromatic ring is 1. The number of ether oxygens (including phenoxy) is 3. The first-order chi connectivity index (χ1) is 13.6. The van der Waals surface area contributed by atoms with Crippen molar-refractivity contribution in [3.8, 4) is 39.5 Å². The molecule has 28 heavy (non-hydrogen) atoms. The van der Waals surface area contributed by atoms with Gasteiger partial charge in [-0.15, -0.1) is 0 Å². The number of aromatic amines is 1. The molecule has 0 saturated carbocycles. The van der Waals surface area contributed by atoms with Gasteiger partial charge in [-0.25, -0.2) is 9.97 Å². The standard InChI is InChI=1S/C21H20N4O3/c1-26-17-7-13(8-18(27-2)20(17)28-3)16-11-25-21-15(16)6-14(10-24-21)12-4-5-19(22)23-9-12/h4-11H,1-3H3,(H2,22,23)(H,24,25). The lowest BCUT2D eigenvalue weighted by Crippen LogP contribution is -1.95. The predicted molar refractivity (Wildman–Crippen MR) is 109 cm³/mol. The molecule has 4 rings (SSSR count). The van der Waals surface area contributed by atoms with Gasteiger partial charge in [-0.2, -0.15) is 0 Å². The number of anilines is 1. The van der Waals surface area contributed by atoms with E-state index in [0.717, 1.165) is 33.3 Å². The summed E-state index contributed by atoms with van der Waals surface area (Å²) < 4.78 is 16.4. The number of hydrogen-bond acceptors (Lipinski definition) is 6. The summed E-state index contributed by atoms with van der Waals surface area (Å²) in [5.41, 5.74) is 10.3. The highest BCUT2D eigenvalue weighted by atomic mass is 16.5. The van der Waals surface area contributed by atoms with Gasteiger partial charge in [-0.1, -0.05) is 0 Å². The number of hydrogen-bond donors (Lipinski definition) is 2. The Morgan fingerprint density at radius 2 is 1.54 bits per heavy atom. The molecule has 0 saturated heterocycles. The number of rotatable bonds is 5. The summed E-state index contributed by atoms with van der Waals surface area (Å²) in [5.74, 6) is 2.23. The number of aromatic nitrogens is 3. The monoisotopic (exact) mass is 376 g/mol. The predicted octanol–water partition coefficient (Wildman–Crippen LogP) is 3.90. The summed E-state index contributed by atoms with van der Waals surface area (Å²) in [6.45, 7) is 0. The van der Waals surface area contributed by atoms with Crippen molar-refractivity contribution in [2.24, 2.45) is 0 Å². The number of nitrogens with one attached hydrogen (secondary N) is 1. The molecule has 0 amide bonds. The first-order valence-corrected chi connectivity index (χ1v) is 8.64. The van der Waals surface area contributed by atoms with Gasteiger partial charge in [0.25, 0.3) is 0 Å². The van der Waals surface area contributed by atoms with Gasteiger partial charge in [0.05, 0.1) is 21.3 Å². The summed E-state index contributed by atoms with van der Waals surface area (Å²) in [5, 5.41) is 0.976.